The summed E-state index contributed by atoms with van der Waals surface area (Å²) in [6, 6.07) is -1.10. The Bertz CT molecular complexity index is 385. The molecule has 2 atom stereocenters. The van der Waals surface area contributed by atoms with E-state index in [9.17, 15) is 14.4 Å². The van der Waals surface area contributed by atoms with Crippen LogP contribution in [0.25, 0.3) is 0 Å². The number of hydrogen-bond donors (Lipinski definition) is 3. The molecule has 1 saturated heterocycles. The van der Waals surface area contributed by atoms with Crippen LogP contribution in [0.15, 0.2) is 0 Å². The van der Waals surface area contributed by atoms with Gasteiger partial charge in [0.05, 0.1) is 19.3 Å². The van der Waals surface area contributed by atoms with Gasteiger partial charge in [-0.1, -0.05) is 13.8 Å². The van der Waals surface area contributed by atoms with Crippen molar-refractivity contribution in [1.29, 1.82) is 0 Å². The summed E-state index contributed by atoms with van der Waals surface area (Å²) >= 11 is 0. The van der Waals surface area contributed by atoms with Gasteiger partial charge in [-0.3, -0.25) is 9.59 Å². The Labute approximate surface area is 117 Å². The molecule has 8 nitrogen and oxygen atoms in total. The maximum atomic E-state index is 12.1. The van der Waals surface area contributed by atoms with Crippen molar-refractivity contribution in [2.24, 2.45) is 17.6 Å². The van der Waals surface area contributed by atoms with Crippen molar-refractivity contribution < 1.29 is 24.2 Å². The van der Waals surface area contributed by atoms with Gasteiger partial charge < -0.3 is 25.8 Å². The van der Waals surface area contributed by atoms with E-state index in [4.69, 9.17) is 15.6 Å². The molecule has 0 aliphatic carbocycles. The van der Waals surface area contributed by atoms with Crippen LogP contribution in [-0.2, 0) is 14.3 Å². The van der Waals surface area contributed by atoms with Crippen LogP contribution < -0.4 is 11.1 Å². The number of hydrogen-bond acceptors (Lipinski definition) is 4. The Morgan fingerprint density at radius 3 is 2.55 bits per heavy atom. The van der Waals surface area contributed by atoms with Crippen LogP contribution in [-0.4, -0.2) is 60.3 Å². The lowest BCUT2D eigenvalue weighted by atomic mass is 10.0. The summed E-state index contributed by atoms with van der Waals surface area (Å²) in [4.78, 5) is 35.4. The zero-order valence-corrected chi connectivity index (χ0v) is 11.7. The molecule has 2 unspecified atom stereocenters. The predicted octanol–water partition coefficient (Wildman–Crippen LogP) is -0.761. The lowest BCUT2D eigenvalue weighted by molar-refractivity contribution is -0.142. The van der Waals surface area contributed by atoms with Crippen LogP contribution in [0.2, 0.25) is 0 Å². The van der Waals surface area contributed by atoms with Gasteiger partial charge in [0.25, 0.3) is 0 Å². The van der Waals surface area contributed by atoms with Crippen molar-refractivity contribution in [3.63, 3.8) is 0 Å². The van der Waals surface area contributed by atoms with E-state index in [1.54, 1.807) is 0 Å². The van der Waals surface area contributed by atoms with Gasteiger partial charge in [0.15, 0.2) is 0 Å². The number of urea groups is 1. The molecule has 1 fully saturated rings. The number of carbonyl (C=O) groups excluding carboxylic acids is 2. The number of carboxylic acid groups (broad SMARTS) is 1. The van der Waals surface area contributed by atoms with E-state index in [0.29, 0.717) is 6.54 Å². The number of amides is 3. The molecule has 0 aromatic carbocycles. The van der Waals surface area contributed by atoms with E-state index in [1.807, 2.05) is 13.8 Å². The molecule has 0 radical (unpaired) electrons. The minimum Gasteiger partial charge on any atom is -0.481 e. The monoisotopic (exact) mass is 287 g/mol. The van der Waals surface area contributed by atoms with Crippen molar-refractivity contribution in [1.82, 2.24) is 10.2 Å². The number of ether oxygens (including phenoxy) is 1. The minimum atomic E-state index is -1.02. The molecular weight excluding hydrogens is 266 g/mol. The number of nitrogens with one attached hydrogen (secondary N) is 1. The first-order valence-electron chi connectivity index (χ1n) is 6.45. The summed E-state index contributed by atoms with van der Waals surface area (Å²) in [6.45, 7) is 4.19. The SMILES string of the molecule is CC(C)CN(CC(N)=O)C(=O)NC1COCC1C(=O)O. The molecular formula is C12H21N3O5. The van der Waals surface area contributed by atoms with Crippen molar-refractivity contribution in [3.8, 4) is 0 Å². The standard InChI is InChI=1S/C12H21N3O5/c1-7(2)3-15(4-10(13)16)12(19)14-9-6-20-5-8(9)11(17)18/h7-9H,3-6H2,1-2H3,(H2,13,16)(H,14,19)(H,17,18). The van der Waals surface area contributed by atoms with Gasteiger partial charge in [0.1, 0.15) is 12.5 Å². The van der Waals surface area contributed by atoms with E-state index in [1.165, 1.54) is 4.90 Å². The van der Waals surface area contributed by atoms with Crippen LogP contribution in [0.1, 0.15) is 13.8 Å². The maximum Gasteiger partial charge on any atom is 0.318 e. The van der Waals surface area contributed by atoms with Crippen LogP contribution >= 0.6 is 0 Å². The van der Waals surface area contributed by atoms with Crippen molar-refractivity contribution in [2.75, 3.05) is 26.3 Å². The molecule has 20 heavy (non-hydrogen) atoms. The highest BCUT2D eigenvalue weighted by molar-refractivity contribution is 5.83. The molecule has 1 rings (SSSR count). The molecule has 0 saturated carbocycles. The summed E-state index contributed by atoms with van der Waals surface area (Å²) in [7, 11) is 0. The second kappa shape index (κ2) is 7.09. The zero-order valence-electron chi connectivity index (χ0n) is 11.7. The average molecular weight is 287 g/mol. The first-order chi connectivity index (χ1) is 9.31. The molecule has 3 amide bonds. The highest BCUT2D eigenvalue weighted by Crippen LogP contribution is 2.14. The van der Waals surface area contributed by atoms with Crippen LogP contribution in [0.3, 0.4) is 0 Å². The molecule has 1 aliphatic heterocycles. The first kappa shape index (κ1) is 16.2. The molecule has 0 spiro atoms. The molecule has 1 heterocycles. The summed E-state index contributed by atoms with van der Waals surface area (Å²) < 4.78 is 5.07. The molecule has 0 aromatic heterocycles. The van der Waals surface area contributed by atoms with Crippen molar-refractivity contribution in [2.45, 2.75) is 19.9 Å². The predicted molar refractivity (Wildman–Crippen MR) is 69.9 cm³/mol. The van der Waals surface area contributed by atoms with Gasteiger partial charge in [-0.05, 0) is 5.92 Å². The topological polar surface area (TPSA) is 122 Å². The Morgan fingerprint density at radius 1 is 1.40 bits per heavy atom. The fourth-order valence-corrected chi connectivity index (χ4v) is 2.04. The first-order valence-corrected chi connectivity index (χ1v) is 6.45. The van der Waals surface area contributed by atoms with Crippen LogP contribution in [0, 0.1) is 11.8 Å². The summed E-state index contributed by atoms with van der Waals surface area (Å²) in [5.41, 5.74) is 5.11. The third-order valence-corrected chi connectivity index (χ3v) is 2.93. The largest absolute Gasteiger partial charge is 0.481 e. The van der Waals surface area contributed by atoms with E-state index in [2.05, 4.69) is 5.32 Å². The van der Waals surface area contributed by atoms with Gasteiger partial charge in [0.2, 0.25) is 5.91 Å². The van der Waals surface area contributed by atoms with Gasteiger partial charge in [-0.2, -0.15) is 0 Å². The second-order valence-electron chi connectivity index (χ2n) is 5.28. The maximum absolute atomic E-state index is 12.1. The van der Waals surface area contributed by atoms with E-state index in [0.717, 1.165) is 0 Å². The average Bonchev–Trinajstić information content (AvgIpc) is 2.74. The normalized spacial score (nSPS) is 21.8. The fourth-order valence-electron chi connectivity index (χ4n) is 2.04. The van der Waals surface area contributed by atoms with Crippen molar-refractivity contribution in [3.05, 3.63) is 0 Å². The van der Waals surface area contributed by atoms with E-state index < -0.39 is 29.9 Å². The number of nitrogens with zero attached hydrogens (tertiary/aromatic N) is 1. The Hall–Kier alpha value is -1.83. The number of rotatable bonds is 6. The third kappa shape index (κ3) is 4.69. The molecule has 0 bridgehead atoms. The number of carboxylic acids is 1. The smallest absolute Gasteiger partial charge is 0.318 e. The second-order valence-corrected chi connectivity index (χ2v) is 5.28. The highest BCUT2D eigenvalue weighted by Gasteiger charge is 2.36. The van der Waals surface area contributed by atoms with E-state index >= 15 is 0 Å². The minimum absolute atomic E-state index is 0.0697. The van der Waals surface area contributed by atoms with Gasteiger partial charge in [-0.25, -0.2) is 4.79 Å². The lowest BCUT2D eigenvalue weighted by Gasteiger charge is -2.26. The van der Waals surface area contributed by atoms with Gasteiger partial charge in [0, 0.05) is 6.54 Å². The fraction of sp³-hybridized carbons (Fsp3) is 0.750. The zero-order chi connectivity index (χ0) is 15.3. The van der Waals surface area contributed by atoms with Gasteiger partial charge >= 0.3 is 12.0 Å². The third-order valence-electron chi connectivity index (χ3n) is 2.93. The van der Waals surface area contributed by atoms with Crippen LogP contribution in [0.4, 0.5) is 4.79 Å². The highest BCUT2D eigenvalue weighted by atomic mass is 16.5. The summed E-state index contributed by atoms with van der Waals surface area (Å²) in [6.07, 6.45) is 0. The number of carbonyl (C=O) groups is 3. The quantitative estimate of drug-likeness (QED) is 0.592. The summed E-state index contributed by atoms with van der Waals surface area (Å²) in [5.74, 6) is -2.24. The molecule has 4 N–H and O–H groups in total. The van der Waals surface area contributed by atoms with E-state index in [-0.39, 0.29) is 25.7 Å². The lowest BCUT2D eigenvalue weighted by Crippen LogP contribution is -2.51. The molecule has 114 valence electrons. The summed E-state index contributed by atoms with van der Waals surface area (Å²) in [5, 5.41) is 11.6. The number of nitrogens with two attached hydrogens (primary N) is 1. The molecule has 1 aliphatic rings. The Kier molecular flexibility index (Phi) is 5.75. The molecule has 0 aromatic rings. The molecule has 8 heteroatoms. The number of aliphatic carboxylic acids is 1. The number of primary amides is 1. The van der Waals surface area contributed by atoms with Crippen molar-refractivity contribution >= 4 is 17.9 Å². The van der Waals surface area contributed by atoms with Gasteiger partial charge in [-0.15, -0.1) is 0 Å². The van der Waals surface area contributed by atoms with Crippen LogP contribution in [0.5, 0.6) is 0 Å². The Balaban J connectivity index is 2.65. The Morgan fingerprint density at radius 2 is 2.05 bits per heavy atom.